The number of aliphatic hydroxyl groups excluding tert-OH is 1. The van der Waals surface area contributed by atoms with Gasteiger partial charge in [-0.2, -0.15) is 0 Å². The SMILES string of the molecule is COc1ccc(C(O)CNC(=O)c2ccc(Br)cc2)cc1OC. The normalized spacial score (nSPS) is 11.7. The van der Waals surface area contributed by atoms with Crippen molar-refractivity contribution in [3.05, 3.63) is 58.1 Å². The van der Waals surface area contributed by atoms with Crippen molar-refractivity contribution in [1.82, 2.24) is 5.32 Å². The highest BCUT2D eigenvalue weighted by Gasteiger charge is 2.13. The molecule has 0 saturated heterocycles. The number of nitrogens with one attached hydrogen (secondary N) is 1. The minimum atomic E-state index is -0.839. The number of hydrogen-bond acceptors (Lipinski definition) is 4. The topological polar surface area (TPSA) is 67.8 Å². The summed E-state index contributed by atoms with van der Waals surface area (Å²) in [5.74, 6) is 0.877. The van der Waals surface area contributed by atoms with Gasteiger partial charge in [0.05, 0.1) is 20.3 Å². The predicted octanol–water partition coefficient (Wildman–Crippen LogP) is 2.93. The molecule has 1 atom stereocenters. The number of halogens is 1. The summed E-state index contributed by atoms with van der Waals surface area (Å²) >= 11 is 3.32. The smallest absolute Gasteiger partial charge is 0.251 e. The first-order chi connectivity index (χ1) is 11.0. The van der Waals surface area contributed by atoms with Crippen LogP contribution in [0.2, 0.25) is 0 Å². The van der Waals surface area contributed by atoms with E-state index in [-0.39, 0.29) is 12.5 Å². The van der Waals surface area contributed by atoms with Crippen molar-refractivity contribution < 1.29 is 19.4 Å². The highest BCUT2D eigenvalue weighted by molar-refractivity contribution is 9.10. The molecule has 1 amide bonds. The number of aliphatic hydroxyl groups is 1. The Morgan fingerprint density at radius 1 is 1.13 bits per heavy atom. The standard InChI is InChI=1S/C17H18BrNO4/c1-22-15-8-5-12(9-16(15)23-2)14(20)10-19-17(21)11-3-6-13(18)7-4-11/h3-9,14,20H,10H2,1-2H3,(H,19,21). The van der Waals surface area contributed by atoms with Crippen LogP contribution in [-0.2, 0) is 0 Å². The molecule has 2 N–H and O–H groups in total. The average Bonchev–Trinajstić information content (AvgIpc) is 2.59. The van der Waals surface area contributed by atoms with Crippen LogP contribution in [0.15, 0.2) is 46.9 Å². The fourth-order valence-corrected chi connectivity index (χ4v) is 2.33. The van der Waals surface area contributed by atoms with E-state index in [9.17, 15) is 9.90 Å². The zero-order valence-corrected chi connectivity index (χ0v) is 14.5. The average molecular weight is 380 g/mol. The molecule has 0 spiro atoms. The first-order valence-corrected chi connectivity index (χ1v) is 7.78. The fourth-order valence-electron chi connectivity index (χ4n) is 2.07. The predicted molar refractivity (Wildman–Crippen MR) is 91.0 cm³/mol. The summed E-state index contributed by atoms with van der Waals surface area (Å²) in [5.41, 5.74) is 1.17. The van der Waals surface area contributed by atoms with Crippen LogP contribution in [0.4, 0.5) is 0 Å². The van der Waals surface area contributed by atoms with E-state index in [0.717, 1.165) is 4.47 Å². The third-order valence-corrected chi connectivity index (χ3v) is 3.88. The van der Waals surface area contributed by atoms with E-state index in [1.807, 2.05) is 0 Å². The van der Waals surface area contributed by atoms with Gasteiger partial charge < -0.3 is 19.9 Å². The van der Waals surface area contributed by atoms with Crippen LogP contribution in [0.5, 0.6) is 11.5 Å². The van der Waals surface area contributed by atoms with Gasteiger partial charge in [0.15, 0.2) is 11.5 Å². The monoisotopic (exact) mass is 379 g/mol. The second-order valence-corrected chi connectivity index (χ2v) is 5.76. The Hall–Kier alpha value is -2.05. The Morgan fingerprint density at radius 3 is 2.39 bits per heavy atom. The highest BCUT2D eigenvalue weighted by atomic mass is 79.9. The molecule has 6 heteroatoms. The second-order valence-electron chi connectivity index (χ2n) is 4.85. The van der Waals surface area contributed by atoms with Crippen molar-refractivity contribution in [2.24, 2.45) is 0 Å². The highest BCUT2D eigenvalue weighted by Crippen LogP contribution is 2.29. The van der Waals surface area contributed by atoms with Crippen molar-refractivity contribution in [3.8, 4) is 11.5 Å². The molecular formula is C17H18BrNO4. The van der Waals surface area contributed by atoms with Crippen LogP contribution >= 0.6 is 15.9 Å². The van der Waals surface area contributed by atoms with Crippen molar-refractivity contribution in [1.29, 1.82) is 0 Å². The Morgan fingerprint density at radius 2 is 1.78 bits per heavy atom. The molecule has 2 aromatic rings. The number of benzene rings is 2. The molecule has 5 nitrogen and oxygen atoms in total. The summed E-state index contributed by atoms with van der Waals surface area (Å²) in [6.45, 7) is 0.102. The number of rotatable bonds is 6. The number of carbonyl (C=O) groups is 1. The van der Waals surface area contributed by atoms with E-state index in [1.165, 1.54) is 7.11 Å². The van der Waals surface area contributed by atoms with E-state index >= 15 is 0 Å². The molecule has 0 aromatic heterocycles. The van der Waals surface area contributed by atoms with E-state index in [0.29, 0.717) is 22.6 Å². The molecule has 2 rings (SSSR count). The molecule has 0 aliphatic heterocycles. The van der Waals surface area contributed by atoms with Crippen molar-refractivity contribution in [3.63, 3.8) is 0 Å². The molecule has 1 unspecified atom stereocenters. The Balaban J connectivity index is 2.00. The van der Waals surface area contributed by atoms with Crippen LogP contribution in [0.25, 0.3) is 0 Å². The fraction of sp³-hybridized carbons (Fsp3) is 0.235. The Labute approximate surface area is 143 Å². The number of carbonyl (C=O) groups excluding carboxylic acids is 1. The minimum absolute atomic E-state index is 0.102. The maximum atomic E-state index is 12.0. The van der Waals surface area contributed by atoms with Crippen LogP contribution < -0.4 is 14.8 Å². The number of amides is 1. The summed E-state index contributed by atoms with van der Waals surface area (Å²) in [7, 11) is 3.08. The van der Waals surface area contributed by atoms with Crippen LogP contribution in [-0.4, -0.2) is 31.8 Å². The van der Waals surface area contributed by atoms with Gasteiger partial charge in [-0.25, -0.2) is 0 Å². The van der Waals surface area contributed by atoms with Gasteiger partial charge in [-0.1, -0.05) is 22.0 Å². The summed E-state index contributed by atoms with van der Waals surface area (Å²) in [6, 6.07) is 12.1. The molecule has 0 saturated carbocycles. The van der Waals surface area contributed by atoms with Crippen molar-refractivity contribution >= 4 is 21.8 Å². The summed E-state index contributed by atoms with van der Waals surface area (Å²) in [6.07, 6.45) is -0.839. The molecule has 0 aliphatic rings. The largest absolute Gasteiger partial charge is 0.493 e. The molecule has 0 bridgehead atoms. The van der Waals surface area contributed by atoms with Gasteiger partial charge in [0.1, 0.15) is 0 Å². The lowest BCUT2D eigenvalue weighted by molar-refractivity contribution is 0.0916. The molecule has 0 aliphatic carbocycles. The summed E-state index contributed by atoms with van der Waals surface area (Å²) in [5, 5.41) is 12.9. The maximum Gasteiger partial charge on any atom is 0.251 e. The van der Waals surface area contributed by atoms with E-state index < -0.39 is 6.10 Å². The zero-order valence-electron chi connectivity index (χ0n) is 12.9. The number of hydrogen-bond donors (Lipinski definition) is 2. The third-order valence-electron chi connectivity index (χ3n) is 3.35. The van der Waals surface area contributed by atoms with E-state index in [2.05, 4.69) is 21.2 Å². The molecule has 23 heavy (non-hydrogen) atoms. The quantitative estimate of drug-likeness (QED) is 0.809. The molecule has 0 heterocycles. The van der Waals surface area contributed by atoms with Gasteiger partial charge in [0, 0.05) is 16.6 Å². The number of ether oxygens (including phenoxy) is 2. The van der Waals surface area contributed by atoms with Gasteiger partial charge in [-0.3, -0.25) is 4.79 Å². The van der Waals surface area contributed by atoms with E-state index in [4.69, 9.17) is 9.47 Å². The lowest BCUT2D eigenvalue weighted by atomic mass is 10.1. The summed E-state index contributed by atoms with van der Waals surface area (Å²) in [4.78, 5) is 12.0. The van der Waals surface area contributed by atoms with Gasteiger partial charge in [-0.05, 0) is 42.0 Å². The lowest BCUT2D eigenvalue weighted by Crippen LogP contribution is -2.28. The van der Waals surface area contributed by atoms with Crippen molar-refractivity contribution in [2.45, 2.75) is 6.10 Å². The van der Waals surface area contributed by atoms with Gasteiger partial charge in [-0.15, -0.1) is 0 Å². The first-order valence-electron chi connectivity index (χ1n) is 6.99. The zero-order chi connectivity index (χ0) is 16.8. The van der Waals surface area contributed by atoms with Crippen LogP contribution in [0.1, 0.15) is 22.0 Å². The molecule has 0 fully saturated rings. The molecular weight excluding hydrogens is 362 g/mol. The molecule has 2 aromatic carbocycles. The third kappa shape index (κ3) is 4.46. The Bertz CT molecular complexity index is 673. The lowest BCUT2D eigenvalue weighted by Gasteiger charge is -2.15. The van der Waals surface area contributed by atoms with Gasteiger partial charge in [0.25, 0.3) is 5.91 Å². The van der Waals surface area contributed by atoms with E-state index in [1.54, 1.807) is 49.6 Å². The van der Waals surface area contributed by atoms with Gasteiger partial charge in [0.2, 0.25) is 0 Å². The van der Waals surface area contributed by atoms with Crippen LogP contribution in [0, 0.1) is 0 Å². The maximum absolute atomic E-state index is 12.0. The van der Waals surface area contributed by atoms with Crippen molar-refractivity contribution in [2.75, 3.05) is 20.8 Å². The second kappa shape index (κ2) is 7.99. The number of methoxy groups -OCH3 is 2. The van der Waals surface area contributed by atoms with Crippen LogP contribution in [0.3, 0.4) is 0 Å². The van der Waals surface area contributed by atoms with Gasteiger partial charge >= 0.3 is 0 Å². The Kier molecular flexibility index (Phi) is 6.01. The molecule has 122 valence electrons. The molecule has 0 radical (unpaired) electrons. The first kappa shape index (κ1) is 17.3. The minimum Gasteiger partial charge on any atom is -0.493 e. The summed E-state index contributed by atoms with van der Waals surface area (Å²) < 4.78 is 11.3.